The van der Waals surface area contributed by atoms with Crippen molar-refractivity contribution in [2.45, 2.75) is 31.7 Å². The molecule has 0 spiro atoms. The highest BCUT2D eigenvalue weighted by molar-refractivity contribution is 7.13. The van der Waals surface area contributed by atoms with Gasteiger partial charge >= 0.3 is 0 Å². The fraction of sp³-hybridized carbons (Fsp3) is 0.375. The minimum absolute atomic E-state index is 0.744. The molecule has 7 heteroatoms. The second kappa shape index (κ2) is 8.05. The molecule has 158 valence electrons. The zero-order valence-corrected chi connectivity index (χ0v) is 18.3. The van der Waals surface area contributed by atoms with Gasteiger partial charge in [-0.3, -0.25) is 4.98 Å². The Bertz CT molecular complexity index is 1160. The van der Waals surface area contributed by atoms with E-state index in [1.165, 1.54) is 38.8 Å². The molecule has 6 nitrogen and oxygen atoms in total. The molecule has 2 fully saturated rings. The summed E-state index contributed by atoms with van der Waals surface area (Å²) in [4.78, 5) is 15.4. The van der Waals surface area contributed by atoms with Gasteiger partial charge < -0.3 is 9.80 Å². The van der Waals surface area contributed by atoms with E-state index in [2.05, 4.69) is 44.4 Å². The maximum Gasteiger partial charge on any atom is 0.155 e. The van der Waals surface area contributed by atoms with Crippen molar-refractivity contribution in [3.8, 4) is 21.8 Å². The SMILES string of the molecule is c1csc(-c2nc3ccc(N4CCC(N5CCCC5)CC4)nn3c2-c2ccncc2)c1. The van der Waals surface area contributed by atoms with Crippen LogP contribution in [0.4, 0.5) is 5.82 Å². The Labute approximate surface area is 186 Å². The number of thiophene rings is 1. The van der Waals surface area contributed by atoms with Gasteiger partial charge in [-0.1, -0.05) is 6.07 Å². The monoisotopic (exact) mass is 430 g/mol. The highest BCUT2D eigenvalue weighted by atomic mass is 32.1. The predicted octanol–water partition coefficient (Wildman–Crippen LogP) is 4.58. The standard InChI is InChI=1S/C24H26N6S/c1-2-14-28(13-1)19-9-15-29(16-10-19)22-6-5-21-26-23(20-4-3-17-31-20)24(30(21)27-22)18-7-11-25-12-8-18/h3-8,11-12,17,19H,1-2,9-10,13-16H2. The summed E-state index contributed by atoms with van der Waals surface area (Å²) in [5, 5.41) is 7.18. The molecule has 2 saturated heterocycles. The number of anilines is 1. The van der Waals surface area contributed by atoms with Crippen LogP contribution in [-0.4, -0.2) is 56.7 Å². The molecule has 0 unspecified atom stereocenters. The van der Waals surface area contributed by atoms with Gasteiger partial charge in [0.2, 0.25) is 0 Å². The van der Waals surface area contributed by atoms with Gasteiger partial charge in [0.25, 0.3) is 0 Å². The number of fused-ring (bicyclic) bond motifs is 1. The predicted molar refractivity (Wildman–Crippen MR) is 126 cm³/mol. The number of likely N-dealkylation sites (tertiary alicyclic amines) is 1. The van der Waals surface area contributed by atoms with E-state index in [0.29, 0.717) is 0 Å². The number of pyridine rings is 1. The highest BCUT2D eigenvalue weighted by Crippen LogP contribution is 2.35. The van der Waals surface area contributed by atoms with Crippen LogP contribution >= 0.6 is 11.3 Å². The second-order valence-electron chi connectivity index (χ2n) is 8.45. The van der Waals surface area contributed by atoms with Gasteiger partial charge in [-0.2, -0.15) is 0 Å². The van der Waals surface area contributed by atoms with E-state index in [9.17, 15) is 0 Å². The molecule has 4 aromatic rings. The summed E-state index contributed by atoms with van der Waals surface area (Å²) in [6.07, 6.45) is 8.84. The van der Waals surface area contributed by atoms with Crippen molar-refractivity contribution < 1.29 is 0 Å². The van der Waals surface area contributed by atoms with Crippen molar-refractivity contribution in [2.24, 2.45) is 0 Å². The lowest BCUT2D eigenvalue weighted by Gasteiger charge is -2.37. The summed E-state index contributed by atoms with van der Waals surface area (Å²) in [5.41, 5.74) is 3.99. The van der Waals surface area contributed by atoms with Crippen molar-refractivity contribution in [1.82, 2.24) is 24.5 Å². The fourth-order valence-corrected chi connectivity index (χ4v) is 5.73. The number of imidazole rings is 1. The Morgan fingerprint density at radius 1 is 0.903 bits per heavy atom. The zero-order chi connectivity index (χ0) is 20.6. The van der Waals surface area contributed by atoms with Crippen LogP contribution in [0.25, 0.3) is 27.5 Å². The van der Waals surface area contributed by atoms with E-state index in [-0.39, 0.29) is 0 Å². The van der Waals surface area contributed by atoms with Crippen molar-refractivity contribution in [3.63, 3.8) is 0 Å². The van der Waals surface area contributed by atoms with Crippen molar-refractivity contribution >= 4 is 22.8 Å². The Morgan fingerprint density at radius 2 is 1.71 bits per heavy atom. The molecule has 0 N–H and O–H groups in total. The molecule has 0 radical (unpaired) electrons. The second-order valence-corrected chi connectivity index (χ2v) is 9.39. The van der Waals surface area contributed by atoms with Gasteiger partial charge in [0, 0.05) is 37.1 Å². The summed E-state index contributed by atoms with van der Waals surface area (Å²) in [7, 11) is 0. The smallest absolute Gasteiger partial charge is 0.155 e. The molecule has 6 heterocycles. The summed E-state index contributed by atoms with van der Waals surface area (Å²) in [5.74, 6) is 1.04. The Balaban J connectivity index is 1.36. The molecular formula is C24H26N6S. The Morgan fingerprint density at radius 3 is 2.45 bits per heavy atom. The topological polar surface area (TPSA) is 49.6 Å². The Kier molecular flexibility index (Phi) is 4.92. The lowest BCUT2D eigenvalue weighted by Crippen LogP contribution is -2.44. The Hall–Kier alpha value is -2.77. The van der Waals surface area contributed by atoms with Gasteiger partial charge in [0.1, 0.15) is 17.2 Å². The normalized spacial score (nSPS) is 18.3. The lowest BCUT2D eigenvalue weighted by molar-refractivity contribution is 0.207. The third-order valence-corrected chi connectivity index (χ3v) is 7.49. The van der Waals surface area contributed by atoms with E-state index in [1.807, 2.05) is 29.0 Å². The molecule has 0 aliphatic carbocycles. The summed E-state index contributed by atoms with van der Waals surface area (Å²) in [6, 6.07) is 13.3. The molecule has 4 aromatic heterocycles. The number of rotatable bonds is 4. The van der Waals surface area contributed by atoms with Gasteiger partial charge in [-0.15, -0.1) is 16.4 Å². The summed E-state index contributed by atoms with van der Waals surface area (Å²) in [6.45, 7) is 4.70. The van der Waals surface area contributed by atoms with Gasteiger partial charge in [-0.05, 0) is 74.5 Å². The summed E-state index contributed by atoms with van der Waals surface area (Å²) < 4.78 is 2.02. The molecule has 6 rings (SSSR count). The molecular weight excluding hydrogens is 404 g/mol. The lowest BCUT2D eigenvalue weighted by atomic mass is 10.0. The average molecular weight is 431 g/mol. The van der Waals surface area contributed by atoms with Gasteiger partial charge in [0.15, 0.2) is 5.65 Å². The van der Waals surface area contributed by atoms with Crippen LogP contribution in [0.5, 0.6) is 0 Å². The van der Waals surface area contributed by atoms with Gasteiger partial charge in [-0.25, -0.2) is 9.50 Å². The molecule has 0 atom stereocenters. The summed E-state index contributed by atoms with van der Waals surface area (Å²) >= 11 is 1.71. The van der Waals surface area contributed by atoms with Crippen LogP contribution in [0.1, 0.15) is 25.7 Å². The van der Waals surface area contributed by atoms with E-state index in [1.54, 1.807) is 11.3 Å². The van der Waals surface area contributed by atoms with Crippen LogP contribution in [0, 0.1) is 0 Å². The number of piperidine rings is 1. The molecule has 0 aromatic carbocycles. The number of aromatic nitrogens is 4. The number of hydrogen-bond donors (Lipinski definition) is 0. The third kappa shape index (κ3) is 3.51. The minimum Gasteiger partial charge on any atom is -0.355 e. The molecule has 2 aliphatic rings. The first kappa shape index (κ1) is 19.0. The number of hydrogen-bond acceptors (Lipinski definition) is 6. The quantitative estimate of drug-likeness (QED) is 0.474. The fourth-order valence-electron chi connectivity index (χ4n) is 5.01. The molecule has 31 heavy (non-hydrogen) atoms. The average Bonchev–Trinajstić information content (AvgIpc) is 3.60. The van der Waals surface area contributed by atoms with Crippen LogP contribution < -0.4 is 4.90 Å². The molecule has 0 saturated carbocycles. The van der Waals surface area contributed by atoms with Crippen molar-refractivity contribution in [2.75, 3.05) is 31.1 Å². The van der Waals surface area contributed by atoms with Gasteiger partial charge in [0.05, 0.1) is 4.88 Å². The maximum absolute atomic E-state index is 5.08. The maximum atomic E-state index is 5.08. The first-order valence-corrected chi connectivity index (χ1v) is 12.1. The first-order chi connectivity index (χ1) is 15.4. The van der Waals surface area contributed by atoms with E-state index in [0.717, 1.165) is 52.4 Å². The molecule has 2 aliphatic heterocycles. The number of nitrogens with zero attached hydrogens (tertiary/aromatic N) is 6. The minimum atomic E-state index is 0.744. The highest BCUT2D eigenvalue weighted by Gasteiger charge is 2.27. The van der Waals surface area contributed by atoms with Crippen LogP contribution in [-0.2, 0) is 0 Å². The third-order valence-electron chi connectivity index (χ3n) is 6.62. The van der Waals surface area contributed by atoms with Crippen LogP contribution in [0.3, 0.4) is 0 Å². The van der Waals surface area contributed by atoms with Crippen molar-refractivity contribution in [3.05, 3.63) is 54.2 Å². The van der Waals surface area contributed by atoms with Crippen LogP contribution in [0.15, 0.2) is 54.2 Å². The zero-order valence-electron chi connectivity index (χ0n) is 17.5. The molecule has 0 amide bonds. The van der Waals surface area contributed by atoms with E-state index < -0.39 is 0 Å². The van der Waals surface area contributed by atoms with E-state index >= 15 is 0 Å². The largest absolute Gasteiger partial charge is 0.355 e. The van der Waals surface area contributed by atoms with E-state index in [4.69, 9.17) is 10.1 Å². The van der Waals surface area contributed by atoms with Crippen molar-refractivity contribution in [1.29, 1.82) is 0 Å². The molecule has 0 bridgehead atoms. The first-order valence-electron chi connectivity index (χ1n) is 11.2. The van der Waals surface area contributed by atoms with Crippen LogP contribution in [0.2, 0.25) is 0 Å².